The highest BCUT2D eigenvalue weighted by Gasteiger charge is 2.43. The van der Waals surface area contributed by atoms with Crippen molar-refractivity contribution in [2.45, 2.75) is 69.9 Å². The van der Waals surface area contributed by atoms with Gasteiger partial charge in [0.25, 0.3) is 0 Å². The Balaban J connectivity index is 1.36. The van der Waals surface area contributed by atoms with Crippen LogP contribution in [0.25, 0.3) is 17.2 Å². The molecule has 2 saturated heterocycles. The van der Waals surface area contributed by atoms with Gasteiger partial charge in [-0.2, -0.15) is 5.26 Å². The van der Waals surface area contributed by atoms with Crippen LogP contribution in [0.5, 0.6) is 0 Å². The maximum absolute atomic E-state index is 13.2. The molecule has 2 aromatic rings. The second-order valence-electron chi connectivity index (χ2n) is 10.9. The van der Waals surface area contributed by atoms with Crippen LogP contribution in [0, 0.1) is 17.2 Å². The molecule has 37 heavy (non-hydrogen) atoms. The number of hydrogen-bond donors (Lipinski definition) is 0. The lowest BCUT2D eigenvalue weighted by atomic mass is 9.91. The third kappa shape index (κ3) is 4.64. The standard InChI is InChI=1S/C30H35N5O2/c1-3-22-15-21(9-11-32-22)28-24(4-2)25(17-31)30(33-29(28)20-7-8-20)34-12-13-35(26(18-34)19-5-6-19)27(36)16-23-10-14-37-23/h3,9,11,15,19-20,23,26H,1,4-8,10,12-14,16,18H2,2H3/t23-,26+/m1/s1. The lowest BCUT2D eigenvalue weighted by Crippen LogP contribution is -2.57. The third-order valence-electron chi connectivity index (χ3n) is 8.42. The minimum atomic E-state index is 0.0905. The quantitative estimate of drug-likeness (QED) is 0.526. The Bertz CT molecular complexity index is 1260. The van der Waals surface area contributed by atoms with Crippen LogP contribution in [-0.4, -0.2) is 59.2 Å². The summed E-state index contributed by atoms with van der Waals surface area (Å²) in [6, 6.07) is 6.79. The second-order valence-corrected chi connectivity index (χ2v) is 10.9. The molecule has 2 aromatic heterocycles. The Morgan fingerprint density at radius 3 is 2.70 bits per heavy atom. The molecule has 0 unspecified atom stereocenters. The molecule has 2 aliphatic carbocycles. The smallest absolute Gasteiger partial charge is 0.225 e. The fraction of sp³-hybridized carbons (Fsp3) is 0.533. The SMILES string of the molecule is C=Cc1cc(-c2c(C3CC3)nc(N3CCN(C(=O)C[C@H]4CCO4)[C@H](C4CC4)C3)c(C#N)c2CC)ccn1. The number of hydrogen-bond acceptors (Lipinski definition) is 6. The van der Waals surface area contributed by atoms with Crippen molar-refractivity contribution in [3.8, 4) is 17.2 Å². The number of aromatic nitrogens is 2. The summed E-state index contributed by atoms with van der Waals surface area (Å²) < 4.78 is 5.54. The molecule has 0 aromatic carbocycles. The topological polar surface area (TPSA) is 82.4 Å². The molecule has 2 saturated carbocycles. The van der Waals surface area contributed by atoms with E-state index < -0.39 is 0 Å². The van der Waals surface area contributed by atoms with Crippen LogP contribution in [0.2, 0.25) is 0 Å². The molecule has 1 amide bonds. The molecule has 0 spiro atoms. The van der Waals surface area contributed by atoms with Crippen LogP contribution in [0.3, 0.4) is 0 Å². The zero-order valence-corrected chi connectivity index (χ0v) is 21.7. The lowest BCUT2D eigenvalue weighted by Gasteiger charge is -2.43. The molecule has 7 heteroatoms. The molecule has 4 aliphatic rings. The Hall–Kier alpha value is -3.24. The average Bonchev–Trinajstić information content (AvgIpc) is 3.82. The number of nitrogens with zero attached hydrogens (tertiary/aromatic N) is 5. The second kappa shape index (κ2) is 9.90. The number of nitriles is 1. The minimum Gasteiger partial charge on any atom is -0.377 e. The van der Waals surface area contributed by atoms with Gasteiger partial charge in [0, 0.05) is 43.9 Å². The van der Waals surface area contributed by atoms with Crippen molar-refractivity contribution in [3.05, 3.63) is 47.4 Å². The van der Waals surface area contributed by atoms with E-state index in [0.717, 1.165) is 72.7 Å². The van der Waals surface area contributed by atoms with Gasteiger partial charge in [0.05, 0.1) is 35.5 Å². The molecule has 0 N–H and O–H groups in total. The van der Waals surface area contributed by atoms with Crippen molar-refractivity contribution in [3.63, 3.8) is 0 Å². The zero-order chi connectivity index (χ0) is 25.5. The van der Waals surface area contributed by atoms with E-state index in [1.54, 1.807) is 6.08 Å². The van der Waals surface area contributed by atoms with E-state index in [1.165, 1.54) is 12.8 Å². The molecule has 6 rings (SSSR count). The van der Waals surface area contributed by atoms with Crippen molar-refractivity contribution in [2.75, 3.05) is 31.1 Å². The first kappa shape index (κ1) is 24.1. The zero-order valence-electron chi connectivity index (χ0n) is 21.7. The van der Waals surface area contributed by atoms with E-state index in [4.69, 9.17) is 9.72 Å². The number of rotatable bonds is 8. The molecule has 4 heterocycles. The summed E-state index contributed by atoms with van der Waals surface area (Å²) in [7, 11) is 0. The van der Waals surface area contributed by atoms with E-state index in [2.05, 4.69) is 40.4 Å². The molecular formula is C30H35N5O2. The highest BCUT2D eigenvalue weighted by Crippen LogP contribution is 2.47. The van der Waals surface area contributed by atoms with Crippen LogP contribution >= 0.6 is 0 Å². The van der Waals surface area contributed by atoms with Gasteiger partial charge in [0.2, 0.25) is 5.91 Å². The van der Waals surface area contributed by atoms with Gasteiger partial charge in [-0.25, -0.2) is 4.98 Å². The molecule has 192 valence electrons. The number of anilines is 1. The summed E-state index contributed by atoms with van der Waals surface area (Å²) in [6.45, 7) is 8.90. The molecule has 7 nitrogen and oxygen atoms in total. The maximum Gasteiger partial charge on any atom is 0.225 e. The number of carbonyl (C=O) groups is 1. The first-order valence-corrected chi connectivity index (χ1v) is 13.8. The summed E-state index contributed by atoms with van der Waals surface area (Å²) in [5.74, 6) is 2.00. The third-order valence-corrected chi connectivity index (χ3v) is 8.42. The summed E-state index contributed by atoms with van der Waals surface area (Å²) >= 11 is 0. The first-order valence-electron chi connectivity index (χ1n) is 13.8. The molecule has 0 bridgehead atoms. The molecule has 2 atom stereocenters. The van der Waals surface area contributed by atoms with Crippen LogP contribution < -0.4 is 4.90 Å². The number of ether oxygens (including phenoxy) is 1. The summed E-state index contributed by atoms with van der Waals surface area (Å²) in [5, 5.41) is 10.4. The van der Waals surface area contributed by atoms with Gasteiger partial charge in [-0.3, -0.25) is 9.78 Å². The Morgan fingerprint density at radius 2 is 2.08 bits per heavy atom. The number of piperazine rings is 1. The fourth-order valence-electron chi connectivity index (χ4n) is 5.98. The lowest BCUT2D eigenvalue weighted by molar-refractivity contribution is -0.142. The molecule has 0 radical (unpaired) electrons. The van der Waals surface area contributed by atoms with Gasteiger partial charge in [-0.05, 0) is 73.8 Å². The highest BCUT2D eigenvalue weighted by molar-refractivity contribution is 5.79. The van der Waals surface area contributed by atoms with Crippen LogP contribution in [0.4, 0.5) is 5.82 Å². The van der Waals surface area contributed by atoms with E-state index in [-0.39, 0.29) is 18.1 Å². The number of pyridine rings is 2. The van der Waals surface area contributed by atoms with Crippen LogP contribution in [0.1, 0.15) is 73.9 Å². The largest absolute Gasteiger partial charge is 0.377 e. The van der Waals surface area contributed by atoms with Gasteiger partial charge in [-0.1, -0.05) is 13.5 Å². The summed E-state index contributed by atoms with van der Waals surface area (Å²) in [6.07, 6.45) is 10.5. The highest BCUT2D eigenvalue weighted by atomic mass is 16.5. The van der Waals surface area contributed by atoms with Crippen molar-refractivity contribution in [1.29, 1.82) is 5.26 Å². The molecule has 2 aliphatic heterocycles. The van der Waals surface area contributed by atoms with Crippen molar-refractivity contribution < 1.29 is 9.53 Å². The van der Waals surface area contributed by atoms with Crippen LogP contribution in [0.15, 0.2) is 24.9 Å². The van der Waals surface area contributed by atoms with Gasteiger partial charge in [0.15, 0.2) is 0 Å². The normalized spacial score (nSPS) is 23.4. The Morgan fingerprint density at radius 1 is 1.27 bits per heavy atom. The van der Waals surface area contributed by atoms with Crippen molar-refractivity contribution >= 4 is 17.8 Å². The Labute approximate surface area is 219 Å². The molecule has 4 fully saturated rings. The summed E-state index contributed by atoms with van der Waals surface area (Å²) in [5.41, 5.74) is 5.84. The predicted molar refractivity (Wildman–Crippen MR) is 143 cm³/mol. The predicted octanol–water partition coefficient (Wildman–Crippen LogP) is 4.70. The average molecular weight is 498 g/mol. The van der Waals surface area contributed by atoms with Gasteiger partial charge >= 0.3 is 0 Å². The fourth-order valence-corrected chi connectivity index (χ4v) is 5.98. The van der Waals surface area contributed by atoms with Crippen molar-refractivity contribution in [1.82, 2.24) is 14.9 Å². The minimum absolute atomic E-state index is 0.0905. The molecular weight excluding hydrogens is 462 g/mol. The Kier molecular flexibility index (Phi) is 6.46. The number of carbonyl (C=O) groups excluding carboxylic acids is 1. The maximum atomic E-state index is 13.2. The first-order chi connectivity index (χ1) is 18.1. The van der Waals surface area contributed by atoms with E-state index >= 15 is 0 Å². The van der Waals surface area contributed by atoms with E-state index in [1.807, 2.05) is 12.3 Å². The number of amides is 1. The van der Waals surface area contributed by atoms with Gasteiger partial charge in [-0.15, -0.1) is 0 Å². The summed E-state index contributed by atoms with van der Waals surface area (Å²) in [4.78, 5) is 27.2. The van der Waals surface area contributed by atoms with Gasteiger partial charge < -0.3 is 14.5 Å². The van der Waals surface area contributed by atoms with Crippen LogP contribution in [-0.2, 0) is 16.0 Å². The van der Waals surface area contributed by atoms with E-state index in [0.29, 0.717) is 36.9 Å². The van der Waals surface area contributed by atoms with Crippen molar-refractivity contribution in [2.24, 2.45) is 5.92 Å². The van der Waals surface area contributed by atoms with E-state index in [9.17, 15) is 10.1 Å². The van der Waals surface area contributed by atoms with Gasteiger partial charge in [0.1, 0.15) is 11.9 Å². The monoisotopic (exact) mass is 497 g/mol.